The normalized spacial score (nSPS) is 14.7. The highest BCUT2D eigenvalue weighted by molar-refractivity contribution is 5.81. The summed E-state index contributed by atoms with van der Waals surface area (Å²) in [4.78, 5) is 46.1. The van der Waals surface area contributed by atoms with Gasteiger partial charge in [0.2, 0.25) is 5.91 Å². The maximum Gasteiger partial charge on any atom is 0.309 e. The number of likely N-dealkylation sites (tertiary alicyclic amines) is 1. The van der Waals surface area contributed by atoms with Gasteiger partial charge in [-0.3, -0.25) is 29.8 Å². The lowest BCUT2D eigenvalue weighted by molar-refractivity contribution is -0.394. The number of amides is 1. The van der Waals surface area contributed by atoms with Gasteiger partial charge in [0.25, 0.3) is 11.4 Å². The molecule has 0 unspecified atom stereocenters. The first-order chi connectivity index (χ1) is 12.3. The average Bonchev–Trinajstić information content (AvgIpc) is 2.62. The van der Waals surface area contributed by atoms with Crippen LogP contribution in [-0.2, 0) is 20.7 Å². The molecule has 0 aliphatic carbocycles. The second-order valence-electron chi connectivity index (χ2n) is 5.91. The summed E-state index contributed by atoms with van der Waals surface area (Å²) in [5, 5.41) is 21.9. The summed E-state index contributed by atoms with van der Waals surface area (Å²) in [6, 6.07) is 3.23. The van der Waals surface area contributed by atoms with E-state index in [1.807, 2.05) is 0 Å². The second kappa shape index (κ2) is 8.37. The van der Waals surface area contributed by atoms with Gasteiger partial charge in [0.05, 0.1) is 34.9 Å². The Labute approximate surface area is 149 Å². The number of non-ortho nitro benzene ring substituents is 1. The van der Waals surface area contributed by atoms with Crippen LogP contribution in [0.5, 0.6) is 0 Å². The number of nitrogens with zero attached hydrogens (tertiary/aromatic N) is 3. The molecule has 1 aliphatic heterocycles. The van der Waals surface area contributed by atoms with Crippen LogP contribution in [0.15, 0.2) is 18.2 Å². The SMILES string of the molecule is CCOC(=O)C1CCN(C(=O)Cc2ccc([N+](=O)[O-])cc2[N+](=O)[O-])CC1. The van der Waals surface area contributed by atoms with Crippen molar-refractivity contribution in [3.63, 3.8) is 0 Å². The van der Waals surface area contributed by atoms with Gasteiger partial charge in [-0.15, -0.1) is 0 Å². The first-order valence-corrected chi connectivity index (χ1v) is 8.19. The molecule has 0 N–H and O–H groups in total. The van der Waals surface area contributed by atoms with Gasteiger partial charge in [-0.05, 0) is 25.8 Å². The van der Waals surface area contributed by atoms with E-state index in [0.29, 0.717) is 32.5 Å². The molecule has 140 valence electrons. The molecule has 0 saturated carbocycles. The third-order valence-electron chi connectivity index (χ3n) is 4.29. The number of nitro groups is 2. The van der Waals surface area contributed by atoms with Crippen LogP contribution in [0, 0.1) is 26.1 Å². The van der Waals surface area contributed by atoms with Crippen LogP contribution in [0.2, 0.25) is 0 Å². The van der Waals surface area contributed by atoms with Crippen LogP contribution >= 0.6 is 0 Å². The van der Waals surface area contributed by atoms with Crippen LogP contribution in [0.25, 0.3) is 0 Å². The zero-order valence-electron chi connectivity index (χ0n) is 14.3. The molecule has 0 radical (unpaired) electrons. The van der Waals surface area contributed by atoms with Crippen molar-refractivity contribution in [1.82, 2.24) is 4.90 Å². The standard InChI is InChI=1S/C16H19N3O7/c1-2-26-16(21)11-5-7-17(8-6-11)15(20)9-12-3-4-13(18(22)23)10-14(12)19(24)25/h3-4,10-11H,2,5-9H2,1H3. The van der Waals surface area contributed by atoms with E-state index in [-0.39, 0.29) is 29.8 Å². The Balaban J connectivity index is 2.03. The maximum atomic E-state index is 12.4. The van der Waals surface area contributed by atoms with Crippen molar-refractivity contribution in [2.75, 3.05) is 19.7 Å². The lowest BCUT2D eigenvalue weighted by Gasteiger charge is -2.31. The highest BCUT2D eigenvalue weighted by Crippen LogP contribution is 2.26. The Bertz CT molecular complexity index is 727. The average molecular weight is 365 g/mol. The number of esters is 1. The summed E-state index contributed by atoms with van der Waals surface area (Å²) in [5.41, 5.74) is -0.727. The fourth-order valence-electron chi connectivity index (χ4n) is 2.88. The van der Waals surface area contributed by atoms with Gasteiger partial charge in [0.15, 0.2) is 0 Å². The number of benzene rings is 1. The summed E-state index contributed by atoms with van der Waals surface area (Å²) in [6.07, 6.45) is 0.734. The predicted molar refractivity (Wildman–Crippen MR) is 89.4 cm³/mol. The number of hydrogen-bond donors (Lipinski definition) is 0. The van der Waals surface area contributed by atoms with Gasteiger partial charge in [-0.25, -0.2) is 0 Å². The van der Waals surface area contributed by atoms with E-state index < -0.39 is 21.2 Å². The minimum Gasteiger partial charge on any atom is -0.466 e. The number of hydrogen-bond acceptors (Lipinski definition) is 7. The molecule has 0 bridgehead atoms. The lowest BCUT2D eigenvalue weighted by Crippen LogP contribution is -2.41. The summed E-state index contributed by atoms with van der Waals surface area (Å²) in [5.74, 6) is -0.831. The first-order valence-electron chi connectivity index (χ1n) is 8.19. The Hall–Kier alpha value is -3.04. The highest BCUT2D eigenvalue weighted by atomic mass is 16.6. The molecule has 1 fully saturated rings. The van der Waals surface area contributed by atoms with Gasteiger partial charge < -0.3 is 9.64 Å². The smallest absolute Gasteiger partial charge is 0.309 e. The van der Waals surface area contributed by atoms with Crippen LogP contribution in [0.4, 0.5) is 11.4 Å². The minimum atomic E-state index is -0.734. The fraction of sp³-hybridized carbons (Fsp3) is 0.500. The van der Waals surface area contributed by atoms with Crippen molar-refractivity contribution in [3.8, 4) is 0 Å². The molecule has 1 aromatic rings. The van der Waals surface area contributed by atoms with Crippen molar-refractivity contribution in [3.05, 3.63) is 44.0 Å². The lowest BCUT2D eigenvalue weighted by atomic mass is 9.96. The van der Waals surface area contributed by atoms with Crippen molar-refractivity contribution in [2.24, 2.45) is 5.92 Å². The molecule has 1 amide bonds. The molecule has 26 heavy (non-hydrogen) atoms. The number of nitro benzene ring substituents is 2. The zero-order valence-corrected chi connectivity index (χ0v) is 14.3. The van der Waals surface area contributed by atoms with Crippen LogP contribution in [0.3, 0.4) is 0 Å². The van der Waals surface area contributed by atoms with Gasteiger partial charge >= 0.3 is 5.97 Å². The highest BCUT2D eigenvalue weighted by Gasteiger charge is 2.29. The molecule has 1 aromatic carbocycles. The third kappa shape index (κ3) is 4.52. The molecule has 1 aliphatic rings. The Morgan fingerprint density at radius 3 is 2.38 bits per heavy atom. The molecule has 2 rings (SSSR count). The topological polar surface area (TPSA) is 133 Å². The summed E-state index contributed by atoms with van der Waals surface area (Å²) >= 11 is 0. The molecular formula is C16H19N3O7. The molecule has 0 aromatic heterocycles. The van der Waals surface area contributed by atoms with E-state index in [2.05, 4.69) is 0 Å². The molecule has 0 atom stereocenters. The summed E-state index contributed by atoms with van der Waals surface area (Å²) < 4.78 is 4.97. The van der Waals surface area contributed by atoms with Gasteiger partial charge in [-0.2, -0.15) is 0 Å². The fourth-order valence-corrected chi connectivity index (χ4v) is 2.88. The molecular weight excluding hydrogens is 346 g/mol. The van der Waals surface area contributed by atoms with Crippen molar-refractivity contribution < 1.29 is 24.2 Å². The van der Waals surface area contributed by atoms with Crippen LogP contribution in [0.1, 0.15) is 25.3 Å². The zero-order chi connectivity index (χ0) is 19.3. The molecule has 10 nitrogen and oxygen atoms in total. The van der Waals surface area contributed by atoms with E-state index in [9.17, 15) is 29.8 Å². The van der Waals surface area contributed by atoms with Gasteiger partial charge in [0, 0.05) is 24.7 Å². The Morgan fingerprint density at radius 1 is 1.19 bits per heavy atom. The van der Waals surface area contributed by atoms with E-state index >= 15 is 0 Å². The minimum absolute atomic E-state index is 0.123. The molecule has 1 saturated heterocycles. The molecule has 1 heterocycles. The number of ether oxygens (including phenoxy) is 1. The Kier molecular flexibility index (Phi) is 6.21. The van der Waals surface area contributed by atoms with Crippen molar-refractivity contribution in [2.45, 2.75) is 26.2 Å². The largest absolute Gasteiger partial charge is 0.466 e. The third-order valence-corrected chi connectivity index (χ3v) is 4.29. The Morgan fingerprint density at radius 2 is 1.85 bits per heavy atom. The first kappa shape index (κ1) is 19.3. The number of piperidine rings is 1. The van der Waals surface area contributed by atoms with E-state index in [4.69, 9.17) is 4.74 Å². The monoisotopic (exact) mass is 365 g/mol. The summed E-state index contributed by atoms with van der Waals surface area (Å²) in [6.45, 7) is 2.77. The van der Waals surface area contributed by atoms with Crippen molar-refractivity contribution in [1.29, 1.82) is 0 Å². The van der Waals surface area contributed by atoms with Crippen LogP contribution in [-0.4, -0.2) is 46.3 Å². The maximum absolute atomic E-state index is 12.4. The number of rotatable bonds is 6. The van der Waals surface area contributed by atoms with E-state index in [0.717, 1.165) is 12.1 Å². The molecule has 10 heteroatoms. The van der Waals surface area contributed by atoms with Crippen molar-refractivity contribution >= 4 is 23.3 Å². The quantitative estimate of drug-likeness (QED) is 0.426. The molecule has 0 spiro atoms. The number of carbonyl (C=O) groups excluding carboxylic acids is 2. The number of carbonyl (C=O) groups is 2. The van der Waals surface area contributed by atoms with E-state index in [1.54, 1.807) is 11.8 Å². The van der Waals surface area contributed by atoms with E-state index in [1.165, 1.54) is 6.07 Å². The van der Waals surface area contributed by atoms with Crippen LogP contribution < -0.4 is 0 Å². The van der Waals surface area contributed by atoms with Gasteiger partial charge in [0.1, 0.15) is 0 Å². The second-order valence-corrected chi connectivity index (χ2v) is 5.91. The van der Waals surface area contributed by atoms with Gasteiger partial charge in [-0.1, -0.05) is 0 Å². The summed E-state index contributed by atoms with van der Waals surface area (Å²) in [7, 11) is 0. The predicted octanol–water partition coefficient (Wildman–Crippen LogP) is 1.85.